The Balaban J connectivity index is 2.09. The molecule has 1 aromatic carbocycles. The van der Waals surface area contributed by atoms with Gasteiger partial charge in [-0.2, -0.15) is 0 Å². The van der Waals surface area contributed by atoms with Gasteiger partial charge in [-0.05, 0) is 24.1 Å². The van der Waals surface area contributed by atoms with Crippen LogP contribution in [-0.2, 0) is 4.79 Å². The molecular weight excluding hydrogens is 262 g/mol. The molecule has 1 amide bonds. The van der Waals surface area contributed by atoms with Crippen molar-refractivity contribution in [3.8, 4) is 0 Å². The fourth-order valence-corrected chi connectivity index (χ4v) is 2.21. The first-order valence-electron chi connectivity index (χ1n) is 7.11. The molecule has 21 heavy (non-hydrogen) atoms. The molecule has 0 saturated carbocycles. The number of benzene rings is 1. The molecule has 0 aliphatic rings. The van der Waals surface area contributed by atoms with Crippen molar-refractivity contribution in [3.63, 3.8) is 0 Å². The molecule has 4 nitrogen and oxygen atoms in total. The van der Waals surface area contributed by atoms with Gasteiger partial charge in [-0.25, -0.2) is 4.98 Å². The lowest BCUT2D eigenvalue weighted by atomic mass is 9.95. The number of nitrogens with zero attached hydrogens (tertiary/aromatic N) is 2. The lowest BCUT2D eigenvalue weighted by Crippen LogP contribution is -2.21. The Morgan fingerprint density at radius 1 is 1.19 bits per heavy atom. The van der Waals surface area contributed by atoms with Crippen LogP contribution in [0.3, 0.4) is 0 Å². The zero-order chi connectivity index (χ0) is 15.2. The Hall–Kier alpha value is -2.36. The lowest BCUT2D eigenvalue weighted by molar-refractivity contribution is -0.117. The number of anilines is 2. The van der Waals surface area contributed by atoms with Crippen LogP contribution in [0.15, 0.2) is 48.7 Å². The van der Waals surface area contributed by atoms with Crippen molar-refractivity contribution in [2.75, 3.05) is 24.3 Å². The average molecular weight is 283 g/mol. The second kappa shape index (κ2) is 6.88. The number of hydrogen-bond acceptors (Lipinski definition) is 3. The van der Waals surface area contributed by atoms with Crippen LogP contribution < -0.4 is 10.2 Å². The van der Waals surface area contributed by atoms with Gasteiger partial charge in [-0.1, -0.05) is 37.3 Å². The highest BCUT2D eigenvalue weighted by atomic mass is 16.1. The summed E-state index contributed by atoms with van der Waals surface area (Å²) >= 11 is 0. The molecule has 1 N–H and O–H groups in total. The summed E-state index contributed by atoms with van der Waals surface area (Å²) in [5.74, 6) is 0.728. The molecule has 0 bridgehead atoms. The van der Waals surface area contributed by atoms with Crippen LogP contribution >= 0.6 is 0 Å². The number of amides is 1. The van der Waals surface area contributed by atoms with E-state index in [9.17, 15) is 4.79 Å². The summed E-state index contributed by atoms with van der Waals surface area (Å²) < 4.78 is 0. The van der Waals surface area contributed by atoms with Gasteiger partial charge in [0.2, 0.25) is 5.91 Å². The van der Waals surface area contributed by atoms with E-state index in [1.807, 2.05) is 68.4 Å². The number of pyridine rings is 1. The highest BCUT2D eigenvalue weighted by Crippen LogP contribution is 2.21. The molecule has 2 rings (SSSR count). The standard InChI is InChI=1S/C17H21N3O/c1-4-15(13-8-6-5-7-9-13)17(21)19-14-10-11-16(18-12-14)20(2)3/h5-12,15H,4H2,1-3H3,(H,19,21)/t15-/m1/s1. The van der Waals surface area contributed by atoms with Gasteiger partial charge in [0, 0.05) is 14.1 Å². The molecule has 1 heterocycles. The van der Waals surface area contributed by atoms with E-state index in [4.69, 9.17) is 0 Å². The van der Waals surface area contributed by atoms with Crippen molar-refractivity contribution in [2.24, 2.45) is 0 Å². The minimum absolute atomic E-state index is 0.00287. The van der Waals surface area contributed by atoms with E-state index < -0.39 is 0 Å². The van der Waals surface area contributed by atoms with Crippen LogP contribution in [0.5, 0.6) is 0 Å². The molecule has 0 fully saturated rings. The van der Waals surface area contributed by atoms with E-state index >= 15 is 0 Å². The van der Waals surface area contributed by atoms with Crippen LogP contribution in [0, 0.1) is 0 Å². The van der Waals surface area contributed by atoms with Gasteiger partial charge in [0.15, 0.2) is 0 Å². The first-order chi connectivity index (χ1) is 10.1. The Morgan fingerprint density at radius 2 is 1.90 bits per heavy atom. The van der Waals surface area contributed by atoms with Gasteiger partial charge < -0.3 is 10.2 Å². The van der Waals surface area contributed by atoms with Crippen molar-refractivity contribution in [1.82, 2.24) is 4.98 Å². The van der Waals surface area contributed by atoms with Gasteiger partial charge in [-0.15, -0.1) is 0 Å². The number of carbonyl (C=O) groups is 1. The third-order valence-electron chi connectivity index (χ3n) is 3.40. The summed E-state index contributed by atoms with van der Waals surface area (Å²) in [6.45, 7) is 2.02. The van der Waals surface area contributed by atoms with Crippen molar-refractivity contribution in [2.45, 2.75) is 19.3 Å². The third kappa shape index (κ3) is 3.81. The molecule has 0 spiro atoms. The zero-order valence-electron chi connectivity index (χ0n) is 12.7. The molecule has 4 heteroatoms. The van der Waals surface area contributed by atoms with Gasteiger partial charge in [0.25, 0.3) is 0 Å². The van der Waals surface area contributed by atoms with E-state index in [0.29, 0.717) is 0 Å². The second-order valence-corrected chi connectivity index (χ2v) is 5.16. The average Bonchev–Trinajstić information content (AvgIpc) is 2.49. The minimum Gasteiger partial charge on any atom is -0.363 e. The van der Waals surface area contributed by atoms with Gasteiger partial charge in [0.05, 0.1) is 17.8 Å². The minimum atomic E-state index is -0.139. The third-order valence-corrected chi connectivity index (χ3v) is 3.40. The fourth-order valence-electron chi connectivity index (χ4n) is 2.21. The highest BCUT2D eigenvalue weighted by Gasteiger charge is 2.18. The summed E-state index contributed by atoms with van der Waals surface area (Å²) in [6.07, 6.45) is 2.45. The smallest absolute Gasteiger partial charge is 0.231 e. The predicted molar refractivity (Wildman–Crippen MR) is 86.7 cm³/mol. The Bertz CT molecular complexity index is 579. The van der Waals surface area contributed by atoms with Crippen LogP contribution in [0.1, 0.15) is 24.8 Å². The number of nitrogens with one attached hydrogen (secondary N) is 1. The van der Waals surface area contributed by atoms with Gasteiger partial charge in [-0.3, -0.25) is 4.79 Å². The molecular formula is C17H21N3O. The van der Waals surface area contributed by atoms with Crippen LogP contribution in [0.25, 0.3) is 0 Å². The van der Waals surface area contributed by atoms with Gasteiger partial charge in [0.1, 0.15) is 5.82 Å². The summed E-state index contributed by atoms with van der Waals surface area (Å²) in [5.41, 5.74) is 1.76. The molecule has 1 atom stereocenters. The van der Waals surface area contributed by atoms with E-state index in [1.54, 1.807) is 6.20 Å². The molecule has 0 unspecified atom stereocenters. The molecule has 110 valence electrons. The topological polar surface area (TPSA) is 45.2 Å². The molecule has 0 aliphatic carbocycles. The first kappa shape index (κ1) is 15.0. The maximum Gasteiger partial charge on any atom is 0.231 e. The highest BCUT2D eigenvalue weighted by molar-refractivity contribution is 5.95. The molecule has 0 radical (unpaired) electrons. The molecule has 2 aromatic rings. The molecule has 0 saturated heterocycles. The SMILES string of the molecule is CC[C@@H](C(=O)Nc1ccc(N(C)C)nc1)c1ccccc1. The summed E-state index contributed by atoms with van der Waals surface area (Å²) in [7, 11) is 3.87. The van der Waals surface area contributed by atoms with E-state index in [1.165, 1.54) is 0 Å². The number of rotatable bonds is 5. The monoisotopic (exact) mass is 283 g/mol. The van der Waals surface area contributed by atoms with Crippen LogP contribution in [0.2, 0.25) is 0 Å². The van der Waals surface area contributed by atoms with Crippen molar-refractivity contribution < 1.29 is 4.79 Å². The van der Waals surface area contributed by atoms with E-state index in [-0.39, 0.29) is 11.8 Å². The fraction of sp³-hybridized carbons (Fsp3) is 0.294. The van der Waals surface area contributed by atoms with E-state index in [2.05, 4.69) is 10.3 Å². The zero-order valence-corrected chi connectivity index (χ0v) is 12.7. The number of hydrogen-bond donors (Lipinski definition) is 1. The maximum absolute atomic E-state index is 12.4. The van der Waals surface area contributed by atoms with Crippen molar-refractivity contribution in [3.05, 3.63) is 54.2 Å². The first-order valence-corrected chi connectivity index (χ1v) is 7.11. The second-order valence-electron chi connectivity index (χ2n) is 5.16. The summed E-state index contributed by atoms with van der Waals surface area (Å²) in [6, 6.07) is 13.6. The largest absolute Gasteiger partial charge is 0.363 e. The Kier molecular flexibility index (Phi) is 4.93. The van der Waals surface area contributed by atoms with Crippen molar-refractivity contribution in [1.29, 1.82) is 0 Å². The van der Waals surface area contributed by atoms with Crippen LogP contribution in [0.4, 0.5) is 11.5 Å². The quantitative estimate of drug-likeness (QED) is 0.916. The number of carbonyl (C=O) groups excluding carboxylic acids is 1. The predicted octanol–water partition coefficient (Wildman–Crippen LogP) is 3.28. The summed E-state index contributed by atoms with van der Waals surface area (Å²) in [5, 5.41) is 2.94. The Morgan fingerprint density at radius 3 is 2.43 bits per heavy atom. The number of aromatic nitrogens is 1. The Labute approximate surface area is 125 Å². The van der Waals surface area contributed by atoms with E-state index in [0.717, 1.165) is 23.5 Å². The molecule has 1 aromatic heterocycles. The van der Waals surface area contributed by atoms with Crippen molar-refractivity contribution >= 4 is 17.4 Å². The lowest BCUT2D eigenvalue weighted by Gasteiger charge is -2.16. The normalized spacial score (nSPS) is 11.8. The molecule has 0 aliphatic heterocycles. The van der Waals surface area contributed by atoms with Gasteiger partial charge >= 0.3 is 0 Å². The summed E-state index contributed by atoms with van der Waals surface area (Å²) in [4.78, 5) is 18.6. The maximum atomic E-state index is 12.4. The van der Waals surface area contributed by atoms with Crippen LogP contribution in [-0.4, -0.2) is 25.0 Å².